The van der Waals surface area contributed by atoms with Crippen molar-refractivity contribution in [3.05, 3.63) is 83.9 Å². The minimum Gasteiger partial charge on any atom is -0.492 e. The molecule has 0 spiro atoms. The monoisotopic (exact) mass is 500 g/mol. The third-order valence-corrected chi connectivity index (χ3v) is 6.27. The highest BCUT2D eigenvalue weighted by Crippen LogP contribution is 2.33. The van der Waals surface area contributed by atoms with Crippen molar-refractivity contribution >= 4 is 40.5 Å². The van der Waals surface area contributed by atoms with Crippen LogP contribution in [0.2, 0.25) is 0 Å². The molecule has 0 atom stereocenters. The summed E-state index contributed by atoms with van der Waals surface area (Å²) in [5, 5.41) is 3.81. The Balaban J connectivity index is 1.40. The lowest BCUT2D eigenvalue weighted by Gasteiger charge is -2.21. The van der Waals surface area contributed by atoms with Crippen LogP contribution in [0.4, 0.5) is 17.3 Å². The fraction of sp³-hybridized carbons (Fsp3) is 0.241. The maximum atomic E-state index is 12.5. The Morgan fingerprint density at radius 1 is 1.00 bits per heavy atom. The second-order valence-electron chi connectivity index (χ2n) is 8.56. The van der Waals surface area contributed by atoms with Gasteiger partial charge >= 0.3 is 0 Å². The Morgan fingerprint density at radius 2 is 1.70 bits per heavy atom. The molecule has 3 N–H and O–H groups in total. The van der Waals surface area contributed by atoms with Crippen LogP contribution in [0.15, 0.2) is 77.2 Å². The number of carbonyl (C=O) groups excluding carboxylic acids is 2. The molecule has 1 heterocycles. The molecule has 0 radical (unpaired) electrons. The fourth-order valence-electron chi connectivity index (χ4n) is 4.11. The zero-order chi connectivity index (χ0) is 26.2. The van der Waals surface area contributed by atoms with Crippen LogP contribution in [0, 0.1) is 0 Å². The fourth-order valence-corrected chi connectivity index (χ4v) is 4.11. The SMILES string of the molecule is CCN(CC)Cc1c(N(C=O)CCOc2ccc(C(=O)Nc3ccccc3N)cc2)oc2ccccc12. The normalized spacial score (nSPS) is 11.0. The maximum Gasteiger partial charge on any atom is 0.255 e. The van der Waals surface area contributed by atoms with Gasteiger partial charge in [0.1, 0.15) is 17.9 Å². The highest BCUT2D eigenvalue weighted by atomic mass is 16.5. The van der Waals surface area contributed by atoms with E-state index in [1.165, 1.54) is 0 Å². The molecule has 0 aliphatic rings. The Labute approximate surface area is 216 Å². The van der Waals surface area contributed by atoms with Gasteiger partial charge in [0.15, 0.2) is 0 Å². The largest absolute Gasteiger partial charge is 0.492 e. The van der Waals surface area contributed by atoms with Crippen LogP contribution in [0.3, 0.4) is 0 Å². The molecule has 4 rings (SSSR count). The number of nitrogen functional groups attached to an aromatic ring is 1. The second kappa shape index (κ2) is 12.1. The van der Waals surface area contributed by atoms with Gasteiger partial charge in [-0.3, -0.25) is 19.4 Å². The van der Waals surface area contributed by atoms with E-state index >= 15 is 0 Å². The molecule has 8 heteroatoms. The molecular weight excluding hydrogens is 468 g/mol. The van der Waals surface area contributed by atoms with E-state index in [1.807, 2.05) is 36.4 Å². The molecule has 2 amide bonds. The van der Waals surface area contributed by atoms with Gasteiger partial charge in [0.25, 0.3) is 5.91 Å². The summed E-state index contributed by atoms with van der Waals surface area (Å²) in [6, 6.07) is 21.7. The molecule has 0 unspecified atom stereocenters. The van der Waals surface area contributed by atoms with Crippen LogP contribution >= 0.6 is 0 Å². The molecule has 0 bridgehead atoms. The van der Waals surface area contributed by atoms with Crippen molar-refractivity contribution < 1.29 is 18.7 Å². The minimum atomic E-state index is -0.262. The summed E-state index contributed by atoms with van der Waals surface area (Å²) >= 11 is 0. The van der Waals surface area contributed by atoms with Gasteiger partial charge in [-0.05, 0) is 55.6 Å². The van der Waals surface area contributed by atoms with Gasteiger partial charge in [-0.1, -0.05) is 44.2 Å². The van der Waals surface area contributed by atoms with Gasteiger partial charge in [-0.25, -0.2) is 0 Å². The van der Waals surface area contributed by atoms with E-state index < -0.39 is 0 Å². The van der Waals surface area contributed by atoms with E-state index in [2.05, 4.69) is 24.1 Å². The molecule has 0 saturated heterocycles. The van der Waals surface area contributed by atoms with Gasteiger partial charge in [-0.15, -0.1) is 0 Å². The molecule has 0 saturated carbocycles. The third kappa shape index (κ3) is 6.10. The molecule has 0 fully saturated rings. The van der Waals surface area contributed by atoms with Gasteiger partial charge in [-0.2, -0.15) is 0 Å². The summed E-state index contributed by atoms with van der Waals surface area (Å²) in [4.78, 5) is 28.4. The number of hydrogen-bond acceptors (Lipinski definition) is 6. The number of anilines is 3. The number of fused-ring (bicyclic) bond motifs is 1. The first-order valence-electron chi connectivity index (χ1n) is 12.4. The van der Waals surface area contributed by atoms with Gasteiger partial charge < -0.3 is 20.2 Å². The number of nitrogens with one attached hydrogen (secondary N) is 1. The van der Waals surface area contributed by atoms with Crippen LogP contribution < -0.4 is 20.7 Å². The van der Waals surface area contributed by atoms with Gasteiger partial charge in [0.2, 0.25) is 12.3 Å². The molecule has 192 valence electrons. The summed E-state index contributed by atoms with van der Waals surface area (Å²) in [6.45, 7) is 7.27. The first-order chi connectivity index (χ1) is 18.0. The summed E-state index contributed by atoms with van der Waals surface area (Å²) in [5.41, 5.74) is 9.18. The van der Waals surface area contributed by atoms with E-state index in [0.717, 1.165) is 36.0 Å². The number of hydrogen-bond donors (Lipinski definition) is 2. The number of nitrogens with two attached hydrogens (primary N) is 1. The van der Waals surface area contributed by atoms with Crippen molar-refractivity contribution in [2.24, 2.45) is 0 Å². The third-order valence-electron chi connectivity index (χ3n) is 6.27. The highest BCUT2D eigenvalue weighted by Gasteiger charge is 2.21. The van der Waals surface area contributed by atoms with Crippen molar-refractivity contribution in [3.63, 3.8) is 0 Å². The van der Waals surface area contributed by atoms with Crippen molar-refractivity contribution in [1.29, 1.82) is 0 Å². The highest BCUT2D eigenvalue weighted by molar-refractivity contribution is 6.05. The second-order valence-corrected chi connectivity index (χ2v) is 8.56. The molecule has 4 aromatic rings. The molecule has 8 nitrogen and oxygen atoms in total. The van der Waals surface area contributed by atoms with E-state index in [9.17, 15) is 9.59 Å². The number of furan rings is 1. The lowest BCUT2D eigenvalue weighted by molar-refractivity contribution is -0.107. The number of nitrogens with zero attached hydrogens (tertiary/aromatic N) is 2. The molecule has 0 aliphatic carbocycles. The van der Waals surface area contributed by atoms with Crippen LogP contribution in [0.5, 0.6) is 5.75 Å². The van der Waals surface area contributed by atoms with E-state index in [4.69, 9.17) is 14.9 Å². The molecular formula is C29H32N4O4. The van der Waals surface area contributed by atoms with Gasteiger partial charge in [0.05, 0.1) is 17.9 Å². The minimum absolute atomic E-state index is 0.257. The lowest BCUT2D eigenvalue weighted by Crippen LogP contribution is -2.29. The number of carbonyl (C=O) groups is 2. The zero-order valence-electron chi connectivity index (χ0n) is 21.1. The summed E-state index contributed by atoms with van der Waals surface area (Å²) in [5.74, 6) is 0.871. The Kier molecular flexibility index (Phi) is 8.43. The van der Waals surface area contributed by atoms with Crippen molar-refractivity contribution in [3.8, 4) is 5.75 Å². The molecule has 37 heavy (non-hydrogen) atoms. The number of para-hydroxylation sites is 3. The van der Waals surface area contributed by atoms with E-state index in [1.54, 1.807) is 41.3 Å². The van der Waals surface area contributed by atoms with Crippen molar-refractivity contribution in [2.45, 2.75) is 20.4 Å². The van der Waals surface area contributed by atoms with E-state index in [0.29, 0.717) is 41.7 Å². The molecule has 3 aromatic carbocycles. The Morgan fingerprint density at radius 3 is 2.41 bits per heavy atom. The average molecular weight is 501 g/mol. The average Bonchev–Trinajstić information content (AvgIpc) is 3.29. The quantitative estimate of drug-likeness (QED) is 0.206. The zero-order valence-corrected chi connectivity index (χ0v) is 21.1. The van der Waals surface area contributed by atoms with Crippen molar-refractivity contribution in [2.75, 3.05) is 42.2 Å². The van der Waals surface area contributed by atoms with Crippen LogP contribution in [0.1, 0.15) is 29.8 Å². The van der Waals surface area contributed by atoms with Crippen LogP contribution in [-0.2, 0) is 11.3 Å². The first kappa shape index (κ1) is 25.8. The summed E-state index contributed by atoms with van der Waals surface area (Å²) in [7, 11) is 0. The smallest absolute Gasteiger partial charge is 0.255 e. The predicted molar refractivity (Wildman–Crippen MR) is 147 cm³/mol. The van der Waals surface area contributed by atoms with Crippen molar-refractivity contribution in [1.82, 2.24) is 4.90 Å². The number of ether oxygens (including phenoxy) is 1. The molecule has 1 aromatic heterocycles. The van der Waals surface area contributed by atoms with E-state index in [-0.39, 0.29) is 12.5 Å². The standard InChI is InChI=1S/C29H32N4O4/c1-3-32(4-2)19-24-23-9-5-8-12-27(23)37-29(24)33(20-34)17-18-36-22-15-13-21(14-16-22)28(35)31-26-11-7-6-10-25(26)30/h5-16,20H,3-4,17-19,30H2,1-2H3,(H,31,35). The van der Waals surface area contributed by atoms with Gasteiger partial charge in [0, 0.05) is 23.1 Å². The lowest BCUT2D eigenvalue weighted by atomic mass is 10.1. The Hall–Kier alpha value is -4.30. The summed E-state index contributed by atoms with van der Waals surface area (Å²) in [6.07, 6.45) is 0.773. The topological polar surface area (TPSA) is 101 Å². The number of amides is 2. The number of rotatable bonds is 12. The molecule has 0 aliphatic heterocycles. The number of benzene rings is 3. The first-order valence-corrected chi connectivity index (χ1v) is 12.4. The maximum absolute atomic E-state index is 12.5. The summed E-state index contributed by atoms with van der Waals surface area (Å²) < 4.78 is 12.0. The predicted octanol–water partition coefficient (Wildman–Crippen LogP) is 5.15. The van der Waals surface area contributed by atoms with Crippen LogP contribution in [-0.4, -0.2) is 43.5 Å². The van der Waals surface area contributed by atoms with Crippen LogP contribution in [0.25, 0.3) is 11.0 Å². The Bertz CT molecular complexity index is 1350.